The van der Waals surface area contributed by atoms with Gasteiger partial charge in [-0.15, -0.1) is 22.7 Å². The van der Waals surface area contributed by atoms with Crippen LogP contribution >= 0.6 is 22.7 Å². The number of imidazole rings is 1. The number of thiazole rings is 1. The Morgan fingerprint density at radius 3 is 3.25 bits per heavy atom. The van der Waals surface area contributed by atoms with Crippen molar-refractivity contribution in [1.29, 1.82) is 0 Å². The minimum absolute atomic E-state index is 0.0219. The van der Waals surface area contributed by atoms with Gasteiger partial charge in [-0.25, -0.2) is 4.98 Å². The second-order valence-corrected chi connectivity index (χ2v) is 8.36. The number of carbonyl (C=O) groups is 1. The summed E-state index contributed by atoms with van der Waals surface area (Å²) in [5.41, 5.74) is 1.03. The van der Waals surface area contributed by atoms with E-state index in [1.807, 2.05) is 22.0 Å². The molecule has 4 rings (SSSR count). The van der Waals surface area contributed by atoms with Crippen molar-refractivity contribution in [2.24, 2.45) is 0 Å². The Balaban J connectivity index is 1.32. The van der Waals surface area contributed by atoms with E-state index in [2.05, 4.69) is 22.1 Å². The molecule has 1 amide bonds. The summed E-state index contributed by atoms with van der Waals surface area (Å²) in [6.45, 7) is 5.32. The molecule has 1 aliphatic rings. The van der Waals surface area contributed by atoms with E-state index in [0.717, 1.165) is 39.7 Å². The third-order valence-electron chi connectivity index (χ3n) is 4.81. The normalized spacial score (nSPS) is 19.3. The van der Waals surface area contributed by atoms with Gasteiger partial charge in [0.1, 0.15) is 4.83 Å². The second kappa shape index (κ2) is 6.82. The van der Waals surface area contributed by atoms with Crippen LogP contribution in [0.2, 0.25) is 0 Å². The van der Waals surface area contributed by atoms with Gasteiger partial charge in [0.05, 0.1) is 10.4 Å². The predicted molar refractivity (Wildman–Crippen MR) is 100 cm³/mol. The molecule has 5 nitrogen and oxygen atoms in total. The minimum atomic E-state index is 0.0219. The number of thiophene rings is 1. The molecule has 1 aliphatic heterocycles. The fourth-order valence-corrected chi connectivity index (χ4v) is 5.14. The lowest BCUT2D eigenvalue weighted by molar-refractivity contribution is 0.0953. The monoisotopic (exact) mass is 362 g/mol. The van der Waals surface area contributed by atoms with Gasteiger partial charge in [0.25, 0.3) is 5.91 Å². The van der Waals surface area contributed by atoms with E-state index in [4.69, 9.17) is 0 Å². The Morgan fingerprint density at radius 1 is 1.46 bits per heavy atom. The molecule has 3 aromatic rings. The average molecular weight is 363 g/mol. The van der Waals surface area contributed by atoms with Crippen LogP contribution in [0.1, 0.15) is 42.3 Å². The highest BCUT2D eigenvalue weighted by Crippen LogP contribution is 2.28. The molecule has 0 saturated carbocycles. The molecule has 3 aromatic heterocycles. The Hall–Kier alpha value is -1.44. The van der Waals surface area contributed by atoms with Crippen LogP contribution in [0.4, 0.5) is 0 Å². The van der Waals surface area contributed by atoms with Crippen molar-refractivity contribution in [3.63, 3.8) is 0 Å². The van der Waals surface area contributed by atoms with Crippen LogP contribution in [0.3, 0.4) is 0 Å². The standard InChI is InChI=1S/C17H22N4OS2/c1-12-5-2-3-7-20(12)8-4-6-18-15(22)14-11-13-16(24-14)19-17-21(13)9-10-23-17/h9-12H,2-8H2,1H3,(H,18,22). The van der Waals surface area contributed by atoms with Crippen LogP contribution in [0.25, 0.3) is 15.3 Å². The Bertz CT molecular complexity index is 849. The van der Waals surface area contributed by atoms with Crippen molar-refractivity contribution in [2.75, 3.05) is 19.6 Å². The van der Waals surface area contributed by atoms with E-state index in [1.54, 1.807) is 11.3 Å². The summed E-state index contributed by atoms with van der Waals surface area (Å²) in [5, 5.41) is 5.07. The highest BCUT2D eigenvalue weighted by Gasteiger charge is 2.18. The first-order valence-corrected chi connectivity index (χ1v) is 10.3. The van der Waals surface area contributed by atoms with Crippen molar-refractivity contribution in [1.82, 2.24) is 19.6 Å². The predicted octanol–water partition coefficient (Wildman–Crippen LogP) is 3.60. The maximum atomic E-state index is 12.4. The number of likely N-dealkylation sites (tertiary alicyclic amines) is 1. The van der Waals surface area contributed by atoms with Crippen molar-refractivity contribution in [3.05, 3.63) is 22.5 Å². The number of aromatic nitrogens is 2. The number of nitrogens with one attached hydrogen (secondary N) is 1. The number of nitrogens with zero attached hydrogens (tertiary/aromatic N) is 3. The van der Waals surface area contributed by atoms with Crippen LogP contribution in [0, 0.1) is 0 Å². The Morgan fingerprint density at radius 2 is 2.38 bits per heavy atom. The molecule has 4 heterocycles. The van der Waals surface area contributed by atoms with Crippen LogP contribution < -0.4 is 5.32 Å². The second-order valence-electron chi connectivity index (χ2n) is 6.46. The lowest BCUT2D eigenvalue weighted by atomic mass is 10.0. The van der Waals surface area contributed by atoms with E-state index in [0.29, 0.717) is 6.04 Å². The van der Waals surface area contributed by atoms with Crippen LogP contribution in [0.15, 0.2) is 17.6 Å². The van der Waals surface area contributed by atoms with Crippen LogP contribution in [-0.2, 0) is 0 Å². The number of carbonyl (C=O) groups excluding carboxylic acids is 1. The molecule has 1 atom stereocenters. The van der Waals surface area contributed by atoms with E-state index >= 15 is 0 Å². The van der Waals surface area contributed by atoms with Gasteiger partial charge < -0.3 is 10.2 Å². The maximum absolute atomic E-state index is 12.4. The smallest absolute Gasteiger partial charge is 0.261 e. The fraction of sp³-hybridized carbons (Fsp3) is 0.529. The molecule has 0 aliphatic carbocycles. The van der Waals surface area contributed by atoms with Gasteiger partial charge in [-0.3, -0.25) is 9.20 Å². The summed E-state index contributed by atoms with van der Waals surface area (Å²) >= 11 is 3.09. The van der Waals surface area contributed by atoms with Gasteiger partial charge in [0.2, 0.25) is 0 Å². The number of hydrogen-bond acceptors (Lipinski definition) is 5. The lowest BCUT2D eigenvalue weighted by Crippen LogP contribution is -2.39. The van der Waals surface area contributed by atoms with E-state index in [1.165, 1.54) is 37.1 Å². The molecule has 7 heteroatoms. The third kappa shape index (κ3) is 3.08. The topological polar surface area (TPSA) is 49.6 Å². The summed E-state index contributed by atoms with van der Waals surface area (Å²) in [4.78, 5) is 22.1. The zero-order valence-corrected chi connectivity index (χ0v) is 15.5. The average Bonchev–Trinajstić information content (AvgIpc) is 3.24. The summed E-state index contributed by atoms with van der Waals surface area (Å²) < 4.78 is 2.05. The molecule has 1 unspecified atom stereocenters. The summed E-state index contributed by atoms with van der Waals surface area (Å²) in [5.74, 6) is 0.0219. The molecular formula is C17H22N4OS2. The van der Waals surface area contributed by atoms with E-state index < -0.39 is 0 Å². The van der Waals surface area contributed by atoms with Crippen LogP contribution in [-0.4, -0.2) is 45.9 Å². The van der Waals surface area contributed by atoms with E-state index in [9.17, 15) is 4.79 Å². The zero-order valence-electron chi connectivity index (χ0n) is 13.8. The van der Waals surface area contributed by atoms with Crippen LogP contribution in [0.5, 0.6) is 0 Å². The molecule has 0 spiro atoms. The van der Waals surface area contributed by atoms with Crippen molar-refractivity contribution >= 4 is 43.9 Å². The SMILES string of the molecule is CC1CCCCN1CCCNC(=O)c1cc2c(nc3sccn32)s1. The summed E-state index contributed by atoms with van der Waals surface area (Å²) in [6, 6.07) is 2.64. The maximum Gasteiger partial charge on any atom is 0.261 e. The van der Waals surface area contributed by atoms with Gasteiger partial charge in [0, 0.05) is 30.7 Å². The lowest BCUT2D eigenvalue weighted by Gasteiger charge is -2.33. The summed E-state index contributed by atoms with van der Waals surface area (Å²) in [6.07, 6.45) is 6.98. The number of piperidine rings is 1. The molecular weight excluding hydrogens is 340 g/mol. The van der Waals surface area contributed by atoms with E-state index in [-0.39, 0.29) is 5.91 Å². The number of fused-ring (bicyclic) bond motifs is 3. The zero-order chi connectivity index (χ0) is 16.5. The first kappa shape index (κ1) is 16.1. The minimum Gasteiger partial charge on any atom is -0.351 e. The quantitative estimate of drug-likeness (QED) is 0.706. The molecule has 0 aromatic carbocycles. The number of amides is 1. The van der Waals surface area contributed by atoms with Gasteiger partial charge in [-0.2, -0.15) is 0 Å². The third-order valence-corrected chi connectivity index (χ3v) is 6.59. The molecule has 1 saturated heterocycles. The Kier molecular flexibility index (Phi) is 4.56. The van der Waals surface area contributed by atoms with Gasteiger partial charge in [0.15, 0.2) is 4.96 Å². The highest BCUT2D eigenvalue weighted by molar-refractivity contribution is 7.21. The molecule has 0 radical (unpaired) electrons. The molecule has 1 N–H and O–H groups in total. The van der Waals surface area contributed by atoms with Gasteiger partial charge in [-0.1, -0.05) is 6.42 Å². The fourth-order valence-electron chi connectivity index (χ4n) is 3.42. The number of hydrogen-bond donors (Lipinski definition) is 1. The molecule has 1 fully saturated rings. The molecule has 0 bridgehead atoms. The Labute approximate surface area is 149 Å². The summed E-state index contributed by atoms with van der Waals surface area (Å²) in [7, 11) is 0. The number of rotatable bonds is 5. The van der Waals surface area contributed by atoms with Crippen molar-refractivity contribution < 1.29 is 4.79 Å². The molecule has 24 heavy (non-hydrogen) atoms. The van der Waals surface area contributed by atoms with Crippen molar-refractivity contribution in [2.45, 2.75) is 38.6 Å². The molecule has 128 valence electrons. The largest absolute Gasteiger partial charge is 0.351 e. The van der Waals surface area contributed by atoms with Crippen molar-refractivity contribution in [3.8, 4) is 0 Å². The highest BCUT2D eigenvalue weighted by atomic mass is 32.1. The first-order valence-electron chi connectivity index (χ1n) is 8.60. The van der Waals surface area contributed by atoms with Gasteiger partial charge in [-0.05, 0) is 38.8 Å². The van der Waals surface area contributed by atoms with Gasteiger partial charge >= 0.3 is 0 Å². The first-order chi connectivity index (χ1) is 11.7.